The van der Waals surface area contributed by atoms with E-state index in [9.17, 15) is 0 Å². The first-order valence-corrected chi connectivity index (χ1v) is 7.30. The molecule has 0 spiro atoms. The second kappa shape index (κ2) is 5.27. The number of rotatable bonds is 3. The predicted octanol–water partition coefficient (Wildman–Crippen LogP) is 2.14. The molecule has 0 atom stereocenters. The molecular formula is C15H23N3. The van der Waals surface area contributed by atoms with Crippen LogP contribution in [-0.4, -0.2) is 24.6 Å². The number of anilines is 1. The fraction of sp³-hybridized carbons (Fsp3) is 0.667. The van der Waals surface area contributed by atoms with Crippen LogP contribution in [0.4, 0.5) is 5.82 Å². The molecule has 3 nitrogen and oxygen atoms in total. The van der Waals surface area contributed by atoms with Gasteiger partial charge in [-0.25, -0.2) is 4.98 Å². The predicted molar refractivity (Wildman–Crippen MR) is 74.9 cm³/mol. The molecule has 98 valence electrons. The third-order valence-electron chi connectivity index (χ3n) is 4.43. The number of hydrogen-bond acceptors (Lipinski definition) is 3. The van der Waals surface area contributed by atoms with E-state index in [0.717, 1.165) is 25.6 Å². The summed E-state index contributed by atoms with van der Waals surface area (Å²) in [6.07, 6.45) is 7.41. The average molecular weight is 245 g/mol. The molecule has 0 bridgehead atoms. The first kappa shape index (κ1) is 12.0. The lowest BCUT2D eigenvalue weighted by Gasteiger charge is -2.32. The van der Waals surface area contributed by atoms with Crippen molar-refractivity contribution in [2.24, 2.45) is 11.7 Å². The van der Waals surface area contributed by atoms with Crippen molar-refractivity contribution in [3.05, 3.63) is 23.4 Å². The number of fused-ring (bicyclic) bond motifs is 1. The van der Waals surface area contributed by atoms with Crippen LogP contribution in [0, 0.1) is 5.92 Å². The summed E-state index contributed by atoms with van der Waals surface area (Å²) in [6.45, 7) is 3.13. The van der Waals surface area contributed by atoms with Crippen molar-refractivity contribution < 1.29 is 0 Å². The molecule has 0 saturated carbocycles. The molecule has 1 fully saturated rings. The Hall–Kier alpha value is -1.09. The van der Waals surface area contributed by atoms with Crippen LogP contribution in [-0.2, 0) is 12.8 Å². The molecule has 0 unspecified atom stereocenters. The lowest BCUT2D eigenvalue weighted by Crippen LogP contribution is -2.34. The van der Waals surface area contributed by atoms with Gasteiger partial charge in [0, 0.05) is 18.8 Å². The van der Waals surface area contributed by atoms with E-state index in [1.165, 1.54) is 55.6 Å². The van der Waals surface area contributed by atoms with E-state index < -0.39 is 0 Å². The Kier molecular flexibility index (Phi) is 3.50. The molecule has 0 radical (unpaired) electrons. The van der Waals surface area contributed by atoms with E-state index in [2.05, 4.69) is 17.0 Å². The zero-order valence-electron chi connectivity index (χ0n) is 11.1. The van der Waals surface area contributed by atoms with E-state index in [-0.39, 0.29) is 0 Å². The number of hydrogen-bond donors (Lipinski definition) is 1. The highest BCUT2D eigenvalue weighted by Gasteiger charge is 2.21. The highest BCUT2D eigenvalue weighted by Crippen LogP contribution is 2.27. The molecule has 3 heteroatoms. The third kappa shape index (κ3) is 2.37. The molecule has 1 aliphatic carbocycles. The summed E-state index contributed by atoms with van der Waals surface area (Å²) in [5.41, 5.74) is 8.45. The summed E-state index contributed by atoms with van der Waals surface area (Å²) in [6, 6.07) is 4.50. The molecular weight excluding hydrogens is 222 g/mol. The van der Waals surface area contributed by atoms with Crippen molar-refractivity contribution in [2.75, 3.05) is 24.5 Å². The molecule has 18 heavy (non-hydrogen) atoms. The second-order valence-electron chi connectivity index (χ2n) is 5.64. The number of nitrogens with two attached hydrogens (primary N) is 1. The summed E-state index contributed by atoms with van der Waals surface area (Å²) in [5.74, 6) is 2.03. The van der Waals surface area contributed by atoms with E-state index >= 15 is 0 Å². The molecule has 0 aromatic carbocycles. The summed E-state index contributed by atoms with van der Waals surface area (Å²) in [4.78, 5) is 7.30. The first-order valence-electron chi connectivity index (χ1n) is 7.30. The molecule has 1 saturated heterocycles. The molecule has 2 N–H and O–H groups in total. The minimum absolute atomic E-state index is 0.834. The highest BCUT2D eigenvalue weighted by molar-refractivity contribution is 5.43. The Morgan fingerprint density at radius 2 is 2.06 bits per heavy atom. The Labute approximate surface area is 109 Å². The van der Waals surface area contributed by atoms with Gasteiger partial charge in [0.15, 0.2) is 0 Å². The molecule has 2 aliphatic rings. The van der Waals surface area contributed by atoms with Crippen molar-refractivity contribution in [3.8, 4) is 0 Å². The lowest BCUT2D eigenvalue weighted by atomic mass is 9.93. The summed E-state index contributed by atoms with van der Waals surface area (Å²) in [5, 5.41) is 0. The van der Waals surface area contributed by atoms with E-state index in [4.69, 9.17) is 10.7 Å². The lowest BCUT2D eigenvalue weighted by molar-refractivity contribution is 0.385. The van der Waals surface area contributed by atoms with Crippen molar-refractivity contribution in [2.45, 2.75) is 38.5 Å². The molecule has 0 amide bonds. The zero-order chi connectivity index (χ0) is 12.4. The quantitative estimate of drug-likeness (QED) is 0.887. The Bertz CT molecular complexity index is 408. The fourth-order valence-corrected chi connectivity index (χ4v) is 3.27. The summed E-state index contributed by atoms with van der Waals surface area (Å²) < 4.78 is 0. The third-order valence-corrected chi connectivity index (χ3v) is 4.43. The fourth-order valence-electron chi connectivity index (χ4n) is 3.27. The zero-order valence-corrected chi connectivity index (χ0v) is 11.1. The Balaban J connectivity index is 1.66. The van der Waals surface area contributed by atoms with E-state index in [1.54, 1.807) is 0 Å². The van der Waals surface area contributed by atoms with Gasteiger partial charge in [-0.1, -0.05) is 6.07 Å². The summed E-state index contributed by atoms with van der Waals surface area (Å²) in [7, 11) is 0. The minimum Gasteiger partial charge on any atom is -0.357 e. The maximum atomic E-state index is 5.64. The van der Waals surface area contributed by atoms with Gasteiger partial charge in [0.25, 0.3) is 0 Å². The maximum Gasteiger partial charge on any atom is 0.128 e. The molecule has 1 aliphatic heterocycles. The Morgan fingerprint density at radius 3 is 2.83 bits per heavy atom. The van der Waals surface area contributed by atoms with Crippen LogP contribution < -0.4 is 10.6 Å². The van der Waals surface area contributed by atoms with Gasteiger partial charge in [0.2, 0.25) is 0 Å². The van der Waals surface area contributed by atoms with Gasteiger partial charge in [-0.3, -0.25) is 0 Å². The standard InChI is InChI=1S/C15H23N3/c16-9-6-12-7-10-18(11-8-12)15-5-4-13-2-1-3-14(13)17-15/h4-5,12H,1-3,6-11,16H2. The number of aromatic nitrogens is 1. The summed E-state index contributed by atoms with van der Waals surface area (Å²) >= 11 is 0. The normalized spacial score (nSPS) is 20.2. The van der Waals surface area contributed by atoms with Gasteiger partial charge in [-0.05, 0) is 62.6 Å². The van der Waals surface area contributed by atoms with Crippen LogP contribution in [0.1, 0.15) is 36.9 Å². The minimum atomic E-state index is 0.834. The van der Waals surface area contributed by atoms with Gasteiger partial charge >= 0.3 is 0 Å². The molecule has 1 aromatic rings. The van der Waals surface area contributed by atoms with Gasteiger partial charge in [0.1, 0.15) is 5.82 Å². The van der Waals surface area contributed by atoms with E-state index in [1.807, 2.05) is 0 Å². The van der Waals surface area contributed by atoms with Crippen LogP contribution in [0.2, 0.25) is 0 Å². The van der Waals surface area contributed by atoms with Crippen molar-refractivity contribution in [3.63, 3.8) is 0 Å². The average Bonchev–Trinajstić information content (AvgIpc) is 2.87. The van der Waals surface area contributed by atoms with Crippen molar-refractivity contribution in [1.29, 1.82) is 0 Å². The van der Waals surface area contributed by atoms with Crippen LogP contribution in [0.25, 0.3) is 0 Å². The topological polar surface area (TPSA) is 42.1 Å². The number of aryl methyl sites for hydroxylation is 2. The van der Waals surface area contributed by atoms with Gasteiger partial charge in [-0.2, -0.15) is 0 Å². The van der Waals surface area contributed by atoms with Crippen LogP contribution in [0.5, 0.6) is 0 Å². The van der Waals surface area contributed by atoms with Crippen LogP contribution >= 0.6 is 0 Å². The van der Waals surface area contributed by atoms with Crippen molar-refractivity contribution >= 4 is 5.82 Å². The monoisotopic (exact) mass is 245 g/mol. The largest absolute Gasteiger partial charge is 0.357 e. The molecule has 3 rings (SSSR count). The second-order valence-corrected chi connectivity index (χ2v) is 5.64. The van der Waals surface area contributed by atoms with Crippen LogP contribution in [0.15, 0.2) is 12.1 Å². The molecule has 2 heterocycles. The Morgan fingerprint density at radius 1 is 1.22 bits per heavy atom. The van der Waals surface area contributed by atoms with Gasteiger partial charge in [-0.15, -0.1) is 0 Å². The maximum absolute atomic E-state index is 5.64. The number of piperidine rings is 1. The smallest absolute Gasteiger partial charge is 0.128 e. The van der Waals surface area contributed by atoms with Crippen LogP contribution in [0.3, 0.4) is 0 Å². The highest BCUT2D eigenvalue weighted by atomic mass is 15.2. The number of pyridine rings is 1. The van der Waals surface area contributed by atoms with Gasteiger partial charge in [0.05, 0.1) is 0 Å². The molecule has 1 aromatic heterocycles. The SMILES string of the molecule is NCCC1CCN(c2ccc3c(n2)CCC3)CC1. The number of nitrogens with zero attached hydrogens (tertiary/aromatic N) is 2. The van der Waals surface area contributed by atoms with Crippen molar-refractivity contribution in [1.82, 2.24) is 4.98 Å². The first-order chi connectivity index (χ1) is 8.86. The van der Waals surface area contributed by atoms with Gasteiger partial charge < -0.3 is 10.6 Å². The van der Waals surface area contributed by atoms with E-state index in [0.29, 0.717) is 0 Å².